The van der Waals surface area contributed by atoms with Crippen LogP contribution in [0.25, 0.3) is 11.0 Å². The number of pyridine rings is 2. The molecule has 3 heterocycles. The van der Waals surface area contributed by atoms with Crippen LogP contribution in [0.5, 0.6) is 0 Å². The van der Waals surface area contributed by atoms with Gasteiger partial charge < -0.3 is 10.2 Å². The number of hydrogen-bond acceptors (Lipinski definition) is 4. The van der Waals surface area contributed by atoms with Crippen LogP contribution in [0.2, 0.25) is 0 Å². The van der Waals surface area contributed by atoms with Crippen molar-refractivity contribution in [1.29, 1.82) is 0 Å². The van der Waals surface area contributed by atoms with Gasteiger partial charge in [-0.25, -0.2) is 0 Å². The SMILES string of the molecule is Cl.O=C(CC1CCCCC1)N1CCNCC(Cc2ccnc3cccnc23)C1. The molecule has 0 spiro atoms. The van der Waals surface area contributed by atoms with Crippen molar-refractivity contribution in [2.45, 2.75) is 44.9 Å². The van der Waals surface area contributed by atoms with Crippen molar-refractivity contribution >= 4 is 29.3 Å². The Balaban J connectivity index is 0.00000225. The van der Waals surface area contributed by atoms with Gasteiger partial charge in [0.25, 0.3) is 0 Å². The van der Waals surface area contributed by atoms with Gasteiger partial charge in [-0.2, -0.15) is 0 Å². The van der Waals surface area contributed by atoms with Crippen LogP contribution >= 0.6 is 12.4 Å². The molecule has 5 nitrogen and oxygen atoms in total. The second-order valence-electron chi connectivity index (χ2n) is 8.16. The summed E-state index contributed by atoms with van der Waals surface area (Å²) in [5.41, 5.74) is 3.17. The maximum Gasteiger partial charge on any atom is 0.222 e. The van der Waals surface area contributed by atoms with E-state index in [1.165, 1.54) is 37.7 Å². The number of nitrogens with zero attached hydrogens (tertiary/aromatic N) is 3. The first kappa shape index (κ1) is 21.0. The summed E-state index contributed by atoms with van der Waals surface area (Å²) in [6, 6.07) is 6.02. The molecule has 2 aromatic rings. The van der Waals surface area contributed by atoms with E-state index in [1.807, 2.05) is 24.5 Å². The number of carbonyl (C=O) groups is 1. The Labute approximate surface area is 173 Å². The molecule has 1 saturated heterocycles. The zero-order valence-corrected chi connectivity index (χ0v) is 17.3. The van der Waals surface area contributed by atoms with Crippen LogP contribution in [0.3, 0.4) is 0 Å². The quantitative estimate of drug-likeness (QED) is 0.848. The van der Waals surface area contributed by atoms with Crippen LogP contribution in [0, 0.1) is 11.8 Å². The second-order valence-corrected chi connectivity index (χ2v) is 8.16. The van der Waals surface area contributed by atoms with Gasteiger partial charge in [-0.05, 0) is 54.9 Å². The lowest BCUT2D eigenvalue weighted by atomic mass is 9.86. The van der Waals surface area contributed by atoms with Crippen molar-refractivity contribution in [2.75, 3.05) is 26.2 Å². The van der Waals surface area contributed by atoms with E-state index in [-0.39, 0.29) is 12.4 Å². The largest absolute Gasteiger partial charge is 0.341 e. The molecule has 1 N–H and O–H groups in total. The Kier molecular flexibility index (Phi) is 7.63. The molecule has 1 saturated carbocycles. The molecule has 1 unspecified atom stereocenters. The average molecular weight is 403 g/mol. The first-order chi connectivity index (χ1) is 13.3. The Morgan fingerprint density at radius 1 is 1.11 bits per heavy atom. The fourth-order valence-corrected chi connectivity index (χ4v) is 4.63. The van der Waals surface area contributed by atoms with Crippen LogP contribution in [-0.2, 0) is 11.2 Å². The van der Waals surface area contributed by atoms with Crippen LogP contribution in [0.15, 0.2) is 30.6 Å². The molecule has 152 valence electrons. The van der Waals surface area contributed by atoms with E-state index in [0.717, 1.165) is 50.1 Å². The van der Waals surface area contributed by atoms with Gasteiger partial charge in [-0.1, -0.05) is 19.3 Å². The highest BCUT2D eigenvalue weighted by molar-refractivity contribution is 5.85. The first-order valence-electron chi connectivity index (χ1n) is 10.5. The summed E-state index contributed by atoms with van der Waals surface area (Å²) in [6.45, 7) is 3.51. The van der Waals surface area contributed by atoms with Gasteiger partial charge in [-0.15, -0.1) is 12.4 Å². The normalized spacial score (nSPS) is 21.1. The minimum atomic E-state index is 0. The third-order valence-corrected chi connectivity index (χ3v) is 6.10. The molecule has 0 bridgehead atoms. The van der Waals surface area contributed by atoms with Crippen LogP contribution < -0.4 is 5.32 Å². The van der Waals surface area contributed by atoms with Gasteiger partial charge >= 0.3 is 0 Å². The number of rotatable bonds is 4. The molecule has 2 aliphatic rings. The zero-order valence-electron chi connectivity index (χ0n) is 16.5. The van der Waals surface area contributed by atoms with Crippen molar-refractivity contribution < 1.29 is 4.79 Å². The van der Waals surface area contributed by atoms with Crippen LogP contribution in [-0.4, -0.2) is 47.0 Å². The summed E-state index contributed by atoms with van der Waals surface area (Å²) >= 11 is 0. The predicted molar refractivity (Wildman–Crippen MR) is 115 cm³/mol. The lowest BCUT2D eigenvalue weighted by molar-refractivity contribution is -0.132. The van der Waals surface area contributed by atoms with E-state index >= 15 is 0 Å². The number of halogens is 1. The Morgan fingerprint density at radius 3 is 2.82 bits per heavy atom. The van der Waals surface area contributed by atoms with E-state index in [2.05, 4.69) is 26.3 Å². The monoisotopic (exact) mass is 402 g/mol. The van der Waals surface area contributed by atoms with Crippen LogP contribution in [0.4, 0.5) is 0 Å². The number of amides is 1. The highest BCUT2D eigenvalue weighted by Crippen LogP contribution is 2.27. The molecule has 6 heteroatoms. The minimum absolute atomic E-state index is 0. The fraction of sp³-hybridized carbons (Fsp3) is 0.591. The number of carbonyl (C=O) groups excluding carboxylic acids is 1. The molecule has 2 fully saturated rings. The molecule has 0 radical (unpaired) electrons. The van der Waals surface area contributed by atoms with E-state index in [4.69, 9.17) is 0 Å². The number of nitrogens with one attached hydrogen (secondary N) is 1. The first-order valence-corrected chi connectivity index (χ1v) is 10.5. The Bertz CT molecular complexity index is 773. The highest BCUT2D eigenvalue weighted by Gasteiger charge is 2.25. The Morgan fingerprint density at radius 2 is 1.96 bits per heavy atom. The zero-order chi connectivity index (χ0) is 18.5. The second kappa shape index (κ2) is 10.2. The van der Waals surface area contributed by atoms with Crippen molar-refractivity contribution in [1.82, 2.24) is 20.2 Å². The predicted octanol–water partition coefficient (Wildman–Crippen LogP) is 3.61. The number of hydrogen-bond donors (Lipinski definition) is 1. The van der Waals surface area contributed by atoms with Gasteiger partial charge in [0.2, 0.25) is 5.91 Å². The average Bonchev–Trinajstić information content (AvgIpc) is 2.95. The van der Waals surface area contributed by atoms with Gasteiger partial charge in [0.15, 0.2) is 0 Å². The van der Waals surface area contributed by atoms with Gasteiger partial charge in [0, 0.05) is 45.0 Å². The summed E-state index contributed by atoms with van der Waals surface area (Å²) in [7, 11) is 0. The van der Waals surface area contributed by atoms with Gasteiger partial charge in [0.1, 0.15) is 0 Å². The third kappa shape index (κ3) is 5.21. The fourth-order valence-electron chi connectivity index (χ4n) is 4.63. The molecule has 28 heavy (non-hydrogen) atoms. The molecule has 2 aromatic heterocycles. The molecule has 1 amide bonds. The number of aromatic nitrogens is 2. The summed E-state index contributed by atoms with van der Waals surface area (Å²) in [4.78, 5) is 24.0. The molecule has 4 rings (SSSR count). The molecular formula is C22H31ClN4O. The lowest BCUT2D eigenvalue weighted by Crippen LogP contribution is -2.37. The third-order valence-electron chi connectivity index (χ3n) is 6.10. The standard InChI is InChI=1S/C22H30N4O.ClH/c27-21(14-17-5-2-1-3-6-17)26-12-11-23-15-18(16-26)13-19-8-10-24-20-7-4-9-25-22(19)20;/h4,7-10,17-18,23H,1-3,5-6,11-16H2;1H. The smallest absolute Gasteiger partial charge is 0.222 e. The van der Waals surface area contributed by atoms with Gasteiger partial charge in [-0.3, -0.25) is 14.8 Å². The molecule has 1 aliphatic heterocycles. The summed E-state index contributed by atoms with van der Waals surface area (Å²) < 4.78 is 0. The van der Waals surface area contributed by atoms with Crippen molar-refractivity contribution in [3.05, 3.63) is 36.2 Å². The van der Waals surface area contributed by atoms with Crippen molar-refractivity contribution in [2.24, 2.45) is 11.8 Å². The summed E-state index contributed by atoms with van der Waals surface area (Å²) in [5.74, 6) is 1.37. The van der Waals surface area contributed by atoms with E-state index in [0.29, 0.717) is 17.7 Å². The van der Waals surface area contributed by atoms with Crippen molar-refractivity contribution in [3.8, 4) is 0 Å². The van der Waals surface area contributed by atoms with Crippen molar-refractivity contribution in [3.63, 3.8) is 0 Å². The molecule has 1 atom stereocenters. The van der Waals surface area contributed by atoms with Crippen LogP contribution in [0.1, 0.15) is 44.1 Å². The minimum Gasteiger partial charge on any atom is -0.341 e. The molecule has 1 aliphatic carbocycles. The molecular weight excluding hydrogens is 372 g/mol. The summed E-state index contributed by atoms with van der Waals surface area (Å²) in [5, 5.41) is 3.52. The lowest BCUT2D eigenvalue weighted by Gasteiger charge is -2.27. The highest BCUT2D eigenvalue weighted by atomic mass is 35.5. The Hall–Kier alpha value is -1.72. The number of fused-ring (bicyclic) bond motifs is 1. The molecule has 0 aromatic carbocycles. The maximum absolute atomic E-state index is 12.9. The maximum atomic E-state index is 12.9. The van der Waals surface area contributed by atoms with E-state index < -0.39 is 0 Å². The topological polar surface area (TPSA) is 58.1 Å². The van der Waals surface area contributed by atoms with Gasteiger partial charge in [0.05, 0.1) is 11.0 Å². The van der Waals surface area contributed by atoms with E-state index in [1.54, 1.807) is 0 Å². The summed E-state index contributed by atoms with van der Waals surface area (Å²) in [6.07, 6.45) is 11.8. The van der Waals surface area contributed by atoms with E-state index in [9.17, 15) is 4.79 Å².